The molecule has 0 atom stereocenters. The van der Waals surface area contributed by atoms with E-state index < -0.39 is 0 Å². The third kappa shape index (κ3) is 13.0. The molecule has 0 aliphatic carbocycles. The number of aliphatic imine (C=N–C) groups is 3. The summed E-state index contributed by atoms with van der Waals surface area (Å²) in [5, 5.41) is 0. The third-order valence-corrected chi connectivity index (χ3v) is 8.44. The van der Waals surface area contributed by atoms with Gasteiger partial charge in [0.2, 0.25) is 0 Å². The van der Waals surface area contributed by atoms with Gasteiger partial charge in [0.15, 0.2) is 17.8 Å². The van der Waals surface area contributed by atoms with E-state index in [1.54, 1.807) is 67.0 Å². The zero-order valence-corrected chi connectivity index (χ0v) is 31.4. The van der Waals surface area contributed by atoms with Crippen molar-refractivity contribution in [3.8, 4) is 0 Å². The molecule has 3 aliphatic heterocycles. The average Bonchev–Trinajstić information content (AvgIpc) is 4.16. The van der Waals surface area contributed by atoms with E-state index in [0.29, 0.717) is 0 Å². The summed E-state index contributed by atoms with van der Waals surface area (Å²) in [5.74, 6) is 0.824. The minimum atomic E-state index is 0.824. The maximum atomic E-state index is 5.01. The molecule has 9 heterocycles. The SMILES string of the molecule is C1=Nc2ccccc2C1.C1=Nc2cccnc2C1.C1=Nc2ncncc2C1.c1ccc2ocnc2c1.c1ccc2scnc2c1.c1cnccn1.c1cncnc1. The topological polar surface area (TPSA) is 166 Å². The Labute approximate surface area is 332 Å². The lowest BCUT2D eigenvalue weighted by atomic mass is 10.2. The molecule has 0 bridgehead atoms. The van der Waals surface area contributed by atoms with E-state index >= 15 is 0 Å². The second-order valence-corrected chi connectivity index (χ2v) is 12.3. The quantitative estimate of drug-likeness (QED) is 0.145. The number of fused-ring (bicyclic) bond motifs is 5. The number of rotatable bonds is 0. The Bertz CT molecular complexity index is 2250. The summed E-state index contributed by atoms with van der Waals surface area (Å²) in [6.07, 6.45) is 26.5. The van der Waals surface area contributed by atoms with Crippen molar-refractivity contribution in [1.82, 2.24) is 44.9 Å². The van der Waals surface area contributed by atoms with Gasteiger partial charge in [-0.05, 0) is 54.1 Å². The summed E-state index contributed by atoms with van der Waals surface area (Å²) in [7, 11) is 0. The summed E-state index contributed by atoms with van der Waals surface area (Å²) in [6.45, 7) is 0. The highest BCUT2D eigenvalue weighted by Gasteiger charge is 2.05. The van der Waals surface area contributed by atoms with E-state index in [9.17, 15) is 0 Å². The van der Waals surface area contributed by atoms with Gasteiger partial charge in [-0.25, -0.2) is 34.9 Å². The lowest BCUT2D eigenvalue weighted by Crippen LogP contribution is -1.82. The highest BCUT2D eigenvalue weighted by Crippen LogP contribution is 2.22. The summed E-state index contributed by atoms with van der Waals surface area (Å²) in [4.78, 5) is 47.1. The smallest absolute Gasteiger partial charge is 0.181 e. The van der Waals surface area contributed by atoms with E-state index in [1.807, 2.05) is 97.0 Å². The highest BCUT2D eigenvalue weighted by atomic mass is 32.1. The van der Waals surface area contributed by atoms with Crippen molar-refractivity contribution >= 4 is 68.5 Å². The van der Waals surface area contributed by atoms with Crippen molar-refractivity contribution in [2.24, 2.45) is 15.0 Å². The molecule has 12 rings (SSSR count). The monoisotopic (exact) mass is 768 g/mol. The number of aromatic nitrogens is 9. The van der Waals surface area contributed by atoms with E-state index in [1.165, 1.54) is 29.3 Å². The Hall–Kier alpha value is -7.58. The number of para-hydroxylation sites is 4. The molecule has 0 N–H and O–H groups in total. The molecule has 14 heteroatoms. The molecule has 0 spiro atoms. The van der Waals surface area contributed by atoms with Gasteiger partial charge < -0.3 is 4.42 Å². The van der Waals surface area contributed by atoms with Crippen LogP contribution in [0.25, 0.3) is 21.3 Å². The summed E-state index contributed by atoms with van der Waals surface area (Å²) >= 11 is 1.68. The van der Waals surface area contributed by atoms with Crippen LogP contribution < -0.4 is 0 Å². The molecule has 0 fully saturated rings. The first-order valence-electron chi connectivity index (χ1n) is 17.7. The van der Waals surface area contributed by atoms with Crippen LogP contribution in [0, 0.1) is 0 Å². The number of hydrogen-bond donors (Lipinski definition) is 0. The van der Waals surface area contributed by atoms with Crippen molar-refractivity contribution in [3.05, 3.63) is 182 Å². The Kier molecular flexibility index (Phi) is 15.5. The van der Waals surface area contributed by atoms with Crippen LogP contribution in [0.1, 0.15) is 16.8 Å². The van der Waals surface area contributed by atoms with E-state index in [-0.39, 0.29) is 0 Å². The number of nitrogens with zero attached hydrogens (tertiary/aromatic N) is 12. The molecule has 280 valence electrons. The molecule has 0 radical (unpaired) electrons. The second kappa shape index (κ2) is 22.6. The number of pyridine rings is 1. The fourth-order valence-corrected chi connectivity index (χ4v) is 5.62. The van der Waals surface area contributed by atoms with Gasteiger partial charge in [-0.15, -0.1) is 11.3 Å². The molecule has 0 saturated carbocycles. The molecule has 0 amide bonds. The minimum absolute atomic E-state index is 0.824. The van der Waals surface area contributed by atoms with Gasteiger partial charge >= 0.3 is 0 Å². The maximum absolute atomic E-state index is 5.01. The Morgan fingerprint density at radius 2 is 1.18 bits per heavy atom. The van der Waals surface area contributed by atoms with Crippen molar-refractivity contribution in [1.29, 1.82) is 0 Å². The van der Waals surface area contributed by atoms with Crippen molar-refractivity contribution in [2.75, 3.05) is 0 Å². The van der Waals surface area contributed by atoms with Gasteiger partial charge in [0, 0.05) is 93.0 Å². The predicted octanol–water partition coefficient (Wildman–Crippen LogP) is 9.10. The molecule has 6 aromatic heterocycles. The average molecular weight is 769 g/mol. The maximum Gasteiger partial charge on any atom is 0.181 e. The van der Waals surface area contributed by atoms with Crippen LogP contribution in [0.3, 0.4) is 0 Å². The summed E-state index contributed by atoms with van der Waals surface area (Å²) in [6, 6.07) is 29.7. The molecular formula is C43H36N12OS. The van der Waals surface area contributed by atoms with Crippen LogP contribution in [0.5, 0.6) is 0 Å². The second-order valence-electron chi connectivity index (χ2n) is 11.5. The van der Waals surface area contributed by atoms with Crippen LogP contribution in [-0.2, 0) is 19.3 Å². The van der Waals surface area contributed by atoms with Gasteiger partial charge in [-0.1, -0.05) is 42.5 Å². The summed E-state index contributed by atoms with van der Waals surface area (Å²) < 4.78 is 6.27. The lowest BCUT2D eigenvalue weighted by molar-refractivity contribution is 0.602. The minimum Gasteiger partial charge on any atom is -0.443 e. The fraction of sp³-hybridized carbons (Fsp3) is 0.0698. The molecular weight excluding hydrogens is 733 g/mol. The standard InChI is InChI=1S/C8H7N.C7H6N2.C7H5NO.C7H5NS.C6H5N3.2C4H4N2/c1-2-4-8-7(3-1)5-6-9-8;1-2-6-7(8-4-1)3-5-9-6;2*1-2-4-7-6(3-1)8-5-9-7;1-2-8-6-5(1)3-7-4-9-6;1-2-6-4-3-5-1;1-2-5-4-6-3-1/h1-4,6H,5H2;1-2,4-5H,3H2;2*1-5H;2-4H,1H2;2*1-4H. The largest absolute Gasteiger partial charge is 0.443 e. The van der Waals surface area contributed by atoms with Crippen LogP contribution in [0.4, 0.5) is 17.2 Å². The van der Waals surface area contributed by atoms with Crippen LogP contribution >= 0.6 is 11.3 Å². The summed E-state index contributed by atoms with van der Waals surface area (Å²) in [5.41, 5.74) is 10.4. The molecule has 0 saturated heterocycles. The lowest BCUT2D eigenvalue weighted by Gasteiger charge is -1.91. The first kappa shape index (κ1) is 39.1. The predicted molar refractivity (Wildman–Crippen MR) is 226 cm³/mol. The van der Waals surface area contributed by atoms with Gasteiger partial charge in [-0.3, -0.25) is 24.9 Å². The first-order chi connectivity index (χ1) is 28.3. The Morgan fingerprint density at radius 3 is 1.89 bits per heavy atom. The fourth-order valence-electron chi connectivity index (χ4n) is 4.94. The van der Waals surface area contributed by atoms with Crippen molar-refractivity contribution < 1.29 is 4.42 Å². The highest BCUT2D eigenvalue weighted by molar-refractivity contribution is 7.16. The van der Waals surface area contributed by atoms with E-state index in [4.69, 9.17) is 4.42 Å². The number of oxazole rings is 1. The van der Waals surface area contributed by atoms with Gasteiger partial charge in [0.1, 0.15) is 18.2 Å². The Morgan fingerprint density at radius 1 is 0.474 bits per heavy atom. The van der Waals surface area contributed by atoms with Gasteiger partial charge in [0.25, 0.3) is 0 Å². The number of thiazole rings is 1. The Balaban J connectivity index is 0.000000113. The van der Waals surface area contributed by atoms with Gasteiger partial charge in [0.05, 0.1) is 32.8 Å². The van der Waals surface area contributed by atoms with Crippen LogP contribution in [0.2, 0.25) is 0 Å². The van der Waals surface area contributed by atoms with Crippen molar-refractivity contribution in [2.45, 2.75) is 19.3 Å². The molecule has 13 nitrogen and oxygen atoms in total. The van der Waals surface area contributed by atoms with Crippen LogP contribution in [0.15, 0.2) is 185 Å². The first-order valence-corrected chi connectivity index (χ1v) is 18.6. The van der Waals surface area contributed by atoms with Crippen molar-refractivity contribution in [3.63, 3.8) is 0 Å². The number of benzene rings is 3. The molecule has 3 aromatic carbocycles. The third-order valence-electron chi connectivity index (χ3n) is 7.63. The normalized spacial score (nSPS) is 11.4. The molecule has 9 aromatic rings. The molecule has 57 heavy (non-hydrogen) atoms. The zero-order valence-electron chi connectivity index (χ0n) is 30.6. The number of hydrogen-bond acceptors (Lipinski definition) is 14. The van der Waals surface area contributed by atoms with E-state index in [0.717, 1.165) is 64.3 Å². The van der Waals surface area contributed by atoms with Gasteiger partial charge in [-0.2, -0.15) is 0 Å². The van der Waals surface area contributed by atoms with E-state index in [2.05, 4.69) is 72.0 Å². The molecule has 3 aliphatic rings. The van der Waals surface area contributed by atoms with Crippen LogP contribution in [-0.4, -0.2) is 63.5 Å². The zero-order chi connectivity index (χ0) is 39.0. The molecule has 0 unspecified atom stereocenters.